The Morgan fingerprint density at radius 3 is 2.63 bits per heavy atom. The lowest BCUT2D eigenvalue weighted by atomic mass is 9.85. The van der Waals surface area contributed by atoms with Gasteiger partial charge in [-0.2, -0.15) is 18.3 Å². The molecule has 0 radical (unpaired) electrons. The molecule has 0 bridgehead atoms. The van der Waals surface area contributed by atoms with Crippen LogP contribution in [-0.2, 0) is 6.18 Å². The summed E-state index contributed by atoms with van der Waals surface area (Å²) >= 11 is 0. The normalized spacial score (nSPS) is 20.4. The van der Waals surface area contributed by atoms with Crippen molar-refractivity contribution in [2.75, 3.05) is 11.9 Å². The van der Waals surface area contributed by atoms with Gasteiger partial charge in [0.05, 0.1) is 17.9 Å². The minimum Gasteiger partial charge on any atom is -0.365 e. The molecule has 5 N–H and O–H groups in total. The van der Waals surface area contributed by atoms with Gasteiger partial charge in [0, 0.05) is 6.20 Å². The van der Waals surface area contributed by atoms with Gasteiger partial charge in [-0.1, -0.05) is 12.8 Å². The first kappa shape index (κ1) is 19.2. The molecule has 0 aromatic carbocycles. The Hall–Kier alpha value is -2.62. The predicted octanol–water partition coefficient (Wildman–Crippen LogP) is 2.83. The molecule has 1 saturated carbocycles. The van der Waals surface area contributed by atoms with Crippen molar-refractivity contribution in [1.82, 2.24) is 14.8 Å². The van der Waals surface area contributed by atoms with Crippen molar-refractivity contribution >= 4 is 17.4 Å². The Kier molecular flexibility index (Phi) is 5.36. The number of alkyl halides is 3. The monoisotopic (exact) mass is 382 g/mol. The summed E-state index contributed by atoms with van der Waals surface area (Å²) in [6.07, 6.45) is 2.11. The molecule has 0 saturated heterocycles. The molecule has 7 nitrogen and oxygen atoms in total. The number of hydrogen-bond acceptors (Lipinski definition) is 5. The average molecular weight is 382 g/mol. The molecule has 2 atom stereocenters. The largest absolute Gasteiger partial charge is 0.433 e. The maximum atomic E-state index is 12.6. The molecule has 1 aliphatic rings. The molecule has 10 heteroatoms. The standard InChI is InChI=1S/C17H21F3N6O/c18-17(19,20)14-6-5-11(8-23-14)24-16-12(15(22)27)9-26(25-16)13-4-2-1-3-10(13)7-21/h5-6,8-10,13H,1-4,7,21H2,(H2,22,27)(H,24,25)/t10-,13+/m1/s1. The van der Waals surface area contributed by atoms with E-state index in [0.29, 0.717) is 6.54 Å². The fraction of sp³-hybridized carbons (Fsp3) is 0.471. The second-order valence-corrected chi connectivity index (χ2v) is 6.64. The van der Waals surface area contributed by atoms with E-state index < -0.39 is 17.8 Å². The minimum absolute atomic E-state index is 0.0585. The van der Waals surface area contributed by atoms with Gasteiger partial charge in [0.15, 0.2) is 5.82 Å². The van der Waals surface area contributed by atoms with Crippen LogP contribution in [0.5, 0.6) is 0 Å². The zero-order valence-corrected chi connectivity index (χ0v) is 14.5. The Labute approximate surface area is 153 Å². The highest BCUT2D eigenvalue weighted by atomic mass is 19.4. The fourth-order valence-corrected chi connectivity index (χ4v) is 3.42. The number of nitrogens with one attached hydrogen (secondary N) is 1. The molecule has 0 aliphatic heterocycles. The zero-order valence-electron chi connectivity index (χ0n) is 14.5. The molecule has 3 rings (SSSR count). The molecule has 2 aromatic rings. The number of carbonyl (C=O) groups is 1. The number of amides is 1. The number of aromatic nitrogens is 3. The van der Waals surface area contributed by atoms with Crippen molar-refractivity contribution in [2.24, 2.45) is 17.4 Å². The van der Waals surface area contributed by atoms with Crippen LogP contribution in [0.2, 0.25) is 0 Å². The Balaban J connectivity index is 1.86. The van der Waals surface area contributed by atoms with Gasteiger partial charge in [-0.15, -0.1) is 0 Å². The number of nitrogens with two attached hydrogens (primary N) is 2. The van der Waals surface area contributed by atoms with E-state index in [2.05, 4.69) is 15.4 Å². The van der Waals surface area contributed by atoms with Crippen LogP contribution >= 0.6 is 0 Å². The lowest BCUT2D eigenvalue weighted by Gasteiger charge is -2.30. The summed E-state index contributed by atoms with van der Waals surface area (Å²) in [5, 5.41) is 7.25. The molecule has 0 unspecified atom stereocenters. The van der Waals surface area contributed by atoms with Crippen LogP contribution in [0.1, 0.15) is 47.8 Å². The predicted molar refractivity (Wildman–Crippen MR) is 93.3 cm³/mol. The highest BCUT2D eigenvalue weighted by Gasteiger charge is 2.32. The maximum absolute atomic E-state index is 12.6. The van der Waals surface area contributed by atoms with E-state index in [9.17, 15) is 18.0 Å². The number of carbonyl (C=O) groups excluding carboxylic acids is 1. The van der Waals surface area contributed by atoms with Crippen LogP contribution in [0.3, 0.4) is 0 Å². The maximum Gasteiger partial charge on any atom is 0.433 e. The first-order valence-corrected chi connectivity index (χ1v) is 8.69. The topological polar surface area (TPSA) is 112 Å². The Morgan fingerprint density at radius 2 is 2.04 bits per heavy atom. The van der Waals surface area contributed by atoms with Crippen LogP contribution in [-0.4, -0.2) is 27.2 Å². The lowest BCUT2D eigenvalue weighted by Crippen LogP contribution is -2.29. The molecular weight excluding hydrogens is 361 g/mol. The highest BCUT2D eigenvalue weighted by molar-refractivity contribution is 5.98. The third-order valence-corrected chi connectivity index (χ3v) is 4.83. The number of rotatable bonds is 5. The molecule has 1 fully saturated rings. The minimum atomic E-state index is -4.52. The number of anilines is 2. The molecule has 1 aliphatic carbocycles. The zero-order chi connectivity index (χ0) is 19.6. The van der Waals surface area contributed by atoms with Crippen molar-refractivity contribution < 1.29 is 18.0 Å². The van der Waals surface area contributed by atoms with E-state index in [0.717, 1.165) is 37.9 Å². The second-order valence-electron chi connectivity index (χ2n) is 6.64. The van der Waals surface area contributed by atoms with Crippen LogP contribution in [0.25, 0.3) is 0 Å². The van der Waals surface area contributed by atoms with E-state index in [4.69, 9.17) is 11.5 Å². The highest BCUT2D eigenvalue weighted by Crippen LogP contribution is 2.34. The van der Waals surface area contributed by atoms with E-state index in [1.54, 1.807) is 10.9 Å². The van der Waals surface area contributed by atoms with Crippen molar-refractivity contribution in [1.29, 1.82) is 0 Å². The van der Waals surface area contributed by atoms with Gasteiger partial charge < -0.3 is 16.8 Å². The van der Waals surface area contributed by atoms with E-state index in [1.165, 1.54) is 6.07 Å². The summed E-state index contributed by atoms with van der Waals surface area (Å²) in [7, 11) is 0. The number of pyridine rings is 1. The summed E-state index contributed by atoms with van der Waals surface area (Å²) < 4.78 is 39.6. The van der Waals surface area contributed by atoms with Crippen molar-refractivity contribution in [3.05, 3.63) is 35.8 Å². The van der Waals surface area contributed by atoms with E-state index in [-0.39, 0.29) is 29.0 Å². The van der Waals surface area contributed by atoms with Crippen LogP contribution in [0.4, 0.5) is 24.7 Å². The lowest BCUT2D eigenvalue weighted by molar-refractivity contribution is -0.141. The van der Waals surface area contributed by atoms with Gasteiger partial charge in [-0.3, -0.25) is 9.48 Å². The summed E-state index contributed by atoms with van der Waals surface area (Å²) in [6.45, 7) is 0.516. The first-order valence-electron chi connectivity index (χ1n) is 8.69. The summed E-state index contributed by atoms with van der Waals surface area (Å²) in [5.41, 5.74) is 10.7. The van der Waals surface area contributed by atoms with Crippen LogP contribution in [0.15, 0.2) is 24.5 Å². The summed E-state index contributed by atoms with van der Waals surface area (Å²) in [5.74, 6) is -0.242. The number of nitrogens with zero attached hydrogens (tertiary/aromatic N) is 3. The molecule has 27 heavy (non-hydrogen) atoms. The first-order chi connectivity index (χ1) is 12.8. The van der Waals surface area contributed by atoms with E-state index in [1.807, 2.05) is 0 Å². The molecule has 2 aromatic heterocycles. The van der Waals surface area contributed by atoms with Gasteiger partial charge in [-0.05, 0) is 37.4 Å². The molecule has 146 valence electrons. The smallest absolute Gasteiger partial charge is 0.365 e. The average Bonchev–Trinajstić information content (AvgIpc) is 3.05. The summed E-state index contributed by atoms with van der Waals surface area (Å²) in [6, 6.07) is 2.14. The summed E-state index contributed by atoms with van der Waals surface area (Å²) in [4.78, 5) is 15.2. The van der Waals surface area contributed by atoms with Crippen molar-refractivity contribution in [3.8, 4) is 0 Å². The second kappa shape index (κ2) is 7.55. The molecular formula is C17H21F3N6O. The number of halogens is 3. The van der Waals surface area contributed by atoms with Gasteiger partial charge in [0.25, 0.3) is 5.91 Å². The van der Waals surface area contributed by atoms with Crippen LogP contribution in [0, 0.1) is 5.92 Å². The Morgan fingerprint density at radius 1 is 1.30 bits per heavy atom. The van der Waals surface area contributed by atoms with Gasteiger partial charge >= 0.3 is 6.18 Å². The van der Waals surface area contributed by atoms with Crippen LogP contribution < -0.4 is 16.8 Å². The van der Waals surface area contributed by atoms with E-state index >= 15 is 0 Å². The third-order valence-electron chi connectivity index (χ3n) is 4.83. The third kappa shape index (κ3) is 4.21. The number of hydrogen-bond donors (Lipinski definition) is 3. The molecule has 1 amide bonds. The quantitative estimate of drug-likeness (QED) is 0.736. The Bertz CT molecular complexity index is 802. The van der Waals surface area contributed by atoms with Gasteiger partial charge in [-0.25, -0.2) is 4.98 Å². The molecule has 0 spiro atoms. The van der Waals surface area contributed by atoms with Gasteiger partial charge in [0.1, 0.15) is 11.3 Å². The van der Waals surface area contributed by atoms with Crippen molar-refractivity contribution in [2.45, 2.75) is 37.9 Å². The SMILES string of the molecule is NC[C@H]1CCCC[C@@H]1n1cc(C(N)=O)c(Nc2ccc(C(F)(F)F)nc2)n1. The molecule has 2 heterocycles. The van der Waals surface area contributed by atoms with Crippen molar-refractivity contribution in [3.63, 3.8) is 0 Å². The van der Waals surface area contributed by atoms with Gasteiger partial charge in [0.2, 0.25) is 0 Å². The number of primary amides is 1. The fourth-order valence-electron chi connectivity index (χ4n) is 3.42.